The number of halogens is 1. The van der Waals surface area contributed by atoms with Gasteiger partial charge in [0, 0.05) is 29.3 Å². The lowest BCUT2D eigenvalue weighted by atomic mass is 10.2. The number of hydrogen-bond donors (Lipinski definition) is 0. The van der Waals surface area contributed by atoms with Crippen molar-refractivity contribution in [3.8, 4) is 0 Å². The van der Waals surface area contributed by atoms with Crippen LogP contribution in [-0.2, 0) is 16.4 Å². The largest absolute Gasteiger partial charge is 0.461 e. The fourth-order valence-corrected chi connectivity index (χ4v) is 4.86. The molecule has 0 aliphatic heterocycles. The molecule has 0 saturated heterocycles. The van der Waals surface area contributed by atoms with Crippen LogP contribution in [0, 0.1) is 0 Å². The standard InChI is InChI=1S/C16H22INO3S/c1-3-10-18(11-4-2)22(19,20)16-7-5-6-15-14(16)12-13(21-15)8-9-17/h5-7,12H,3-4,8-11H2,1-2H3. The summed E-state index contributed by atoms with van der Waals surface area (Å²) in [5.41, 5.74) is 0.647. The summed E-state index contributed by atoms with van der Waals surface area (Å²) in [6.07, 6.45) is 2.42. The lowest BCUT2D eigenvalue weighted by Gasteiger charge is -2.21. The summed E-state index contributed by atoms with van der Waals surface area (Å²) in [5.74, 6) is 0.838. The van der Waals surface area contributed by atoms with E-state index in [1.54, 1.807) is 16.4 Å². The highest BCUT2D eigenvalue weighted by molar-refractivity contribution is 14.1. The molecule has 6 heteroatoms. The normalized spacial score (nSPS) is 12.4. The monoisotopic (exact) mass is 435 g/mol. The van der Waals surface area contributed by atoms with Crippen LogP contribution < -0.4 is 0 Å². The Morgan fingerprint density at radius 2 is 1.86 bits per heavy atom. The van der Waals surface area contributed by atoms with Crippen molar-refractivity contribution < 1.29 is 12.8 Å². The van der Waals surface area contributed by atoms with Gasteiger partial charge in [0.1, 0.15) is 11.3 Å². The Hall–Kier alpha value is -0.600. The van der Waals surface area contributed by atoms with E-state index in [9.17, 15) is 8.42 Å². The molecule has 0 bridgehead atoms. The van der Waals surface area contributed by atoms with E-state index in [2.05, 4.69) is 22.6 Å². The molecule has 0 fully saturated rings. The lowest BCUT2D eigenvalue weighted by Crippen LogP contribution is -2.32. The highest BCUT2D eigenvalue weighted by Crippen LogP contribution is 2.29. The maximum atomic E-state index is 13.0. The van der Waals surface area contributed by atoms with Crippen LogP contribution in [0.1, 0.15) is 32.4 Å². The third-order valence-corrected chi connectivity index (χ3v) is 5.97. The zero-order valence-electron chi connectivity index (χ0n) is 13.0. The van der Waals surface area contributed by atoms with Gasteiger partial charge in [-0.1, -0.05) is 42.5 Å². The summed E-state index contributed by atoms with van der Waals surface area (Å²) in [6, 6.07) is 7.13. The minimum atomic E-state index is -3.48. The van der Waals surface area contributed by atoms with Crippen LogP contribution in [0.3, 0.4) is 0 Å². The number of hydrogen-bond acceptors (Lipinski definition) is 3. The van der Waals surface area contributed by atoms with Crippen LogP contribution >= 0.6 is 22.6 Å². The Balaban J connectivity index is 2.51. The zero-order chi connectivity index (χ0) is 16.2. The van der Waals surface area contributed by atoms with Gasteiger partial charge in [-0.3, -0.25) is 0 Å². The van der Waals surface area contributed by atoms with E-state index < -0.39 is 10.0 Å². The van der Waals surface area contributed by atoms with Crippen LogP contribution in [0.2, 0.25) is 0 Å². The van der Waals surface area contributed by atoms with Crippen molar-refractivity contribution in [1.29, 1.82) is 0 Å². The summed E-state index contributed by atoms with van der Waals surface area (Å²) in [7, 11) is -3.48. The van der Waals surface area contributed by atoms with E-state index in [0.717, 1.165) is 29.5 Å². The first kappa shape index (κ1) is 17.7. The van der Waals surface area contributed by atoms with E-state index in [1.165, 1.54) is 0 Å². The second kappa shape index (κ2) is 7.79. The van der Waals surface area contributed by atoms with Crippen molar-refractivity contribution in [2.75, 3.05) is 17.5 Å². The van der Waals surface area contributed by atoms with Crippen molar-refractivity contribution in [1.82, 2.24) is 4.31 Å². The van der Waals surface area contributed by atoms with Gasteiger partial charge in [-0.05, 0) is 31.0 Å². The van der Waals surface area contributed by atoms with Crippen LogP contribution in [0.5, 0.6) is 0 Å². The van der Waals surface area contributed by atoms with Gasteiger partial charge in [-0.15, -0.1) is 0 Å². The molecule has 22 heavy (non-hydrogen) atoms. The van der Waals surface area contributed by atoms with Crippen molar-refractivity contribution in [2.45, 2.75) is 38.0 Å². The number of rotatable bonds is 8. The third kappa shape index (κ3) is 3.65. The molecule has 0 N–H and O–H groups in total. The fourth-order valence-electron chi connectivity index (χ4n) is 2.52. The quantitative estimate of drug-likeness (QED) is 0.461. The van der Waals surface area contributed by atoms with Gasteiger partial charge in [-0.25, -0.2) is 8.42 Å². The van der Waals surface area contributed by atoms with Gasteiger partial charge in [0.05, 0.1) is 4.90 Å². The molecule has 4 nitrogen and oxygen atoms in total. The lowest BCUT2D eigenvalue weighted by molar-refractivity contribution is 0.410. The maximum Gasteiger partial charge on any atom is 0.243 e. The van der Waals surface area contributed by atoms with Gasteiger partial charge < -0.3 is 4.42 Å². The molecule has 1 heterocycles. The average Bonchev–Trinajstić information content (AvgIpc) is 2.89. The molecule has 122 valence electrons. The number of fused-ring (bicyclic) bond motifs is 1. The average molecular weight is 435 g/mol. The predicted molar refractivity (Wildman–Crippen MR) is 98.1 cm³/mol. The first-order chi connectivity index (χ1) is 10.5. The summed E-state index contributed by atoms with van der Waals surface area (Å²) < 4.78 is 34.2. The highest BCUT2D eigenvalue weighted by atomic mass is 127. The first-order valence-electron chi connectivity index (χ1n) is 7.62. The second-order valence-corrected chi connectivity index (χ2v) is 8.21. The minimum absolute atomic E-state index is 0.357. The van der Waals surface area contributed by atoms with Gasteiger partial charge in [-0.2, -0.15) is 4.31 Å². The van der Waals surface area contributed by atoms with Crippen molar-refractivity contribution in [3.63, 3.8) is 0 Å². The number of aryl methyl sites for hydroxylation is 1. The highest BCUT2D eigenvalue weighted by Gasteiger charge is 2.26. The molecule has 0 radical (unpaired) electrons. The second-order valence-electron chi connectivity index (χ2n) is 5.22. The van der Waals surface area contributed by atoms with Crippen LogP contribution in [0.25, 0.3) is 11.0 Å². The Morgan fingerprint density at radius 3 is 2.45 bits per heavy atom. The molecule has 0 saturated carbocycles. The van der Waals surface area contributed by atoms with E-state index in [0.29, 0.717) is 29.0 Å². The Kier molecular flexibility index (Phi) is 6.28. The molecule has 0 atom stereocenters. The zero-order valence-corrected chi connectivity index (χ0v) is 16.0. The first-order valence-corrected chi connectivity index (χ1v) is 10.6. The van der Waals surface area contributed by atoms with Gasteiger partial charge in [0.25, 0.3) is 0 Å². The van der Waals surface area contributed by atoms with Crippen molar-refractivity contribution in [2.24, 2.45) is 0 Å². The molecule has 1 aromatic heterocycles. The maximum absolute atomic E-state index is 13.0. The molecule has 0 aliphatic carbocycles. The molecule has 0 unspecified atom stereocenters. The minimum Gasteiger partial charge on any atom is -0.461 e. The van der Waals surface area contributed by atoms with Gasteiger partial charge in [0.2, 0.25) is 10.0 Å². The predicted octanol–water partition coefficient (Wildman–Crippen LogP) is 4.22. The number of nitrogens with zero attached hydrogens (tertiary/aromatic N) is 1. The number of benzene rings is 1. The Labute approximate surface area is 146 Å². The molecule has 0 spiro atoms. The number of alkyl halides is 1. The molecule has 2 aromatic rings. The Bertz CT molecular complexity index is 718. The van der Waals surface area contributed by atoms with Crippen molar-refractivity contribution >= 4 is 43.6 Å². The van der Waals surface area contributed by atoms with E-state index in [-0.39, 0.29) is 0 Å². The van der Waals surface area contributed by atoms with Crippen molar-refractivity contribution in [3.05, 3.63) is 30.0 Å². The molecular weight excluding hydrogens is 413 g/mol. The SMILES string of the molecule is CCCN(CCC)S(=O)(=O)c1cccc2oc(CCI)cc12. The summed E-state index contributed by atoms with van der Waals surface area (Å²) in [6.45, 7) is 5.08. The summed E-state index contributed by atoms with van der Waals surface area (Å²) in [5, 5.41) is 0.694. The molecule has 1 aromatic carbocycles. The van der Waals surface area contributed by atoms with Gasteiger partial charge in [0.15, 0.2) is 0 Å². The fraction of sp³-hybridized carbons (Fsp3) is 0.500. The van der Waals surface area contributed by atoms with Crippen LogP contribution in [0.15, 0.2) is 33.6 Å². The number of furan rings is 1. The third-order valence-electron chi connectivity index (χ3n) is 3.48. The molecule has 0 amide bonds. The van der Waals surface area contributed by atoms with Gasteiger partial charge >= 0.3 is 0 Å². The molecular formula is C16H22INO3S. The number of sulfonamides is 1. The van der Waals surface area contributed by atoms with Crippen LogP contribution in [0.4, 0.5) is 0 Å². The summed E-state index contributed by atoms with van der Waals surface area (Å²) >= 11 is 2.29. The molecule has 2 rings (SSSR count). The van der Waals surface area contributed by atoms with Crippen LogP contribution in [-0.4, -0.2) is 30.2 Å². The smallest absolute Gasteiger partial charge is 0.243 e. The Morgan fingerprint density at radius 1 is 1.18 bits per heavy atom. The van der Waals surface area contributed by atoms with E-state index >= 15 is 0 Å². The molecule has 0 aliphatic rings. The topological polar surface area (TPSA) is 50.5 Å². The summed E-state index contributed by atoms with van der Waals surface area (Å²) in [4.78, 5) is 0.357. The van der Waals surface area contributed by atoms with E-state index in [4.69, 9.17) is 4.42 Å². The van der Waals surface area contributed by atoms with E-state index in [1.807, 2.05) is 26.0 Å².